The molecule has 2 heterocycles. The van der Waals surface area contributed by atoms with Crippen molar-refractivity contribution in [1.82, 2.24) is 20.5 Å². The molecule has 158 valence electrons. The first kappa shape index (κ1) is 23.4. The van der Waals surface area contributed by atoms with Gasteiger partial charge in [-0.1, -0.05) is 36.4 Å². The number of likely N-dealkylation sites (tertiary alicyclic amines) is 1. The van der Waals surface area contributed by atoms with Crippen LogP contribution in [0.1, 0.15) is 36.9 Å². The van der Waals surface area contributed by atoms with Crippen LogP contribution in [0, 0.1) is 0 Å². The summed E-state index contributed by atoms with van der Waals surface area (Å²) in [5.74, 6) is 1.45. The monoisotopic (exact) mass is 509 g/mol. The first-order valence-corrected chi connectivity index (χ1v) is 10.1. The van der Waals surface area contributed by atoms with Crippen molar-refractivity contribution in [1.29, 1.82) is 0 Å². The van der Waals surface area contributed by atoms with Crippen LogP contribution >= 0.6 is 24.0 Å². The summed E-state index contributed by atoms with van der Waals surface area (Å²) in [6.07, 6.45) is 4.37. The van der Waals surface area contributed by atoms with Crippen molar-refractivity contribution in [2.24, 2.45) is 4.99 Å². The second-order valence-electron chi connectivity index (χ2n) is 6.95. The lowest BCUT2D eigenvalue weighted by Gasteiger charge is -2.29. The van der Waals surface area contributed by atoms with Crippen LogP contribution in [0.25, 0.3) is 0 Å². The molecule has 3 rings (SSSR count). The Labute approximate surface area is 191 Å². The number of aliphatic imine (C=N–C) groups is 1. The van der Waals surface area contributed by atoms with E-state index in [2.05, 4.69) is 57.8 Å². The van der Waals surface area contributed by atoms with E-state index < -0.39 is 0 Å². The Kier molecular flexibility index (Phi) is 10.2. The summed E-state index contributed by atoms with van der Waals surface area (Å²) < 4.78 is 5.11. The summed E-state index contributed by atoms with van der Waals surface area (Å²) in [5, 5.41) is 6.89. The van der Waals surface area contributed by atoms with Crippen molar-refractivity contribution in [3.8, 4) is 5.88 Å². The van der Waals surface area contributed by atoms with Gasteiger partial charge in [0, 0.05) is 25.4 Å². The van der Waals surface area contributed by atoms with Gasteiger partial charge in [-0.3, -0.25) is 4.90 Å². The standard InChI is InChI=1S/C22H31N5O.HI/c1-3-23-22(25-16-18-11-12-21(28-2)24-15-18)26-17-20(27-13-7-8-14-27)19-9-5-4-6-10-19;/h4-6,9-12,15,20H,3,7-8,13-14,16-17H2,1-2H3,(H2,23,25,26);1H. The number of hydrogen-bond donors (Lipinski definition) is 2. The fourth-order valence-corrected chi connectivity index (χ4v) is 3.52. The molecule has 2 N–H and O–H groups in total. The van der Waals surface area contributed by atoms with Crippen LogP contribution in [-0.2, 0) is 6.54 Å². The number of rotatable bonds is 8. The van der Waals surface area contributed by atoms with E-state index in [0.29, 0.717) is 18.5 Å². The summed E-state index contributed by atoms with van der Waals surface area (Å²) in [6, 6.07) is 15.0. The van der Waals surface area contributed by atoms with Crippen LogP contribution in [-0.4, -0.2) is 49.1 Å². The van der Waals surface area contributed by atoms with Crippen LogP contribution in [0.4, 0.5) is 0 Å². The average molecular weight is 509 g/mol. The van der Waals surface area contributed by atoms with Crippen LogP contribution in [0.15, 0.2) is 53.7 Å². The quantitative estimate of drug-likeness (QED) is 0.324. The Morgan fingerprint density at radius 3 is 2.52 bits per heavy atom. The first-order chi connectivity index (χ1) is 13.8. The first-order valence-electron chi connectivity index (χ1n) is 10.1. The van der Waals surface area contributed by atoms with Crippen molar-refractivity contribution in [2.45, 2.75) is 32.4 Å². The predicted octanol–water partition coefficient (Wildman–Crippen LogP) is 3.60. The number of halogens is 1. The number of pyridine rings is 1. The van der Waals surface area contributed by atoms with E-state index >= 15 is 0 Å². The number of ether oxygens (including phenoxy) is 1. The van der Waals surface area contributed by atoms with Crippen molar-refractivity contribution < 1.29 is 4.74 Å². The lowest BCUT2D eigenvalue weighted by Crippen LogP contribution is -2.42. The van der Waals surface area contributed by atoms with E-state index in [1.54, 1.807) is 7.11 Å². The Balaban J connectivity index is 0.00000300. The van der Waals surface area contributed by atoms with Gasteiger partial charge < -0.3 is 15.4 Å². The van der Waals surface area contributed by atoms with Crippen LogP contribution in [0.2, 0.25) is 0 Å². The number of nitrogens with zero attached hydrogens (tertiary/aromatic N) is 3. The van der Waals surface area contributed by atoms with Gasteiger partial charge in [0.05, 0.1) is 19.7 Å². The Bertz CT molecular complexity index is 733. The predicted molar refractivity (Wildman–Crippen MR) is 129 cm³/mol. The molecule has 2 aromatic rings. The highest BCUT2D eigenvalue weighted by Gasteiger charge is 2.23. The van der Waals surface area contributed by atoms with Crippen molar-refractivity contribution in [3.05, 3.63) is 59.8 Å². The number of aromatic nitrogens is 1. The number of nitrogens with one attached hydrogen (secondary N) is 2. The molecule has 1 atom stereocenters. The lowest BCUT2D eigenvalue weighted by molar-refractivity contribution is 0.245. The van der Waals surface area contributed by atoms with Crippen LogP contribution < -0.4 is 15.4 Å². The van der Waals surface area contributed by atoms with Gasteiger partial charge in [-0.25, -0.2) is 9.98 Å². The molecule has 1 aromatic carbocycles. The zero-order valence-corrected chi connectivity index (χ0v) is 19.6. The van der Waals surface area contributed by atoms with Gasteiger partial charge in [-0.05, 0) is 44.0 Å². The van der Waals surface area contributed by atoms with E-state index in [0.717, 1.165) is 37.7 Å². The van der Waals surface area contributed by atoms with Crippen molar-refractivity contribution in [2.75, 3.05) is 33.3 Å². The largest absolute Gasteiger partial charge is 0.481 e. The smallest absolute Gasteiger partial charge is 0.212 e. The van der Waals surface area contributed by atoms with Gasteiger partial charge in [0.1, 0.15) is 0 Å². The minimum Gasteiger partial charge on any atom is -0.481 e. The molecule has 6 nitrogen and oxygen atoms in total. The third-order valence-corrected chi connectivity index (χ3v) is 5.00. The summed E-state index contributed by atoms with van der Waals surface area (Å²) in [4.78, 5) is 11.5. The average Bonchev–Trinajstić information content (AvgIpc) is 3.28. The zero-order valence-electron chi connectivity index (χ0n) is 17.3. The van der Waals surface area contributed by atoms with Crippen LogP contribution in [0.3, 0.4) is 0 Å². The molecule has 0 aliphatic carbocycles. The molecule has 1 aliphatic rings. The summed E-state index contributed by atoms with van der Waals surface area (Å²) in [5.41, 5.74) is 2.41. The molecular weight excluding hydrogens is 477 g/mol. The molecule has 29 heavy (non-hydrogen) atoms. The normalized spacial score (nSPS) is 15.4. The number of hydrogen-bond acceptors (Lipinski definition) is 4. The maximum Gasteiger partial charge on any atom is 0.212 e. The SMILES string of the molecule is CCNC(=NCc1ccc(OC)nc1)NCC(c1ccccc1)N1CCCC1.I. The van der Waals surface area contributed by atoms with E-state index in [4.69, 9.17) is 9.73 Å². The maximum atomic E-state index is 5.11. The highest BCUT2D eigenvalue weighted by molar-refractivity contribution is 14.0. The third kappa shape index (κ3) is 7.15. The molecule has 1 saturated heterocycles. The van der Waals surface area contributed by atoms with Gasteiger partial charge in [0.25, 0.3) is 0 Å². The third-order valence-electron chi connectivity index (χ3n) is 5.00. The van der Waals surface area contributed by atoms with Crippen molar-refractivity contribution >= 4 is 29.9 Å². The highest BCUT2D eigenvalue weighted by Crippen LogP contribution is 2.24. The minimum atomic E-state index is 0. The Morgan fingerprint density at radius 2 is 1.90 bits per heavy atom. The molecule has 1 aliphatic heterocycles. The molecule has 0 spiro atoms. The second-order valence-corrected chi connectivity index (χ2v) is 6.95. The molecule has 7 heteroatoms. The fourth-order valence-electron chi connectivity index (χ4n) is 3.52. The molecule has 0 amide bonds. The lowest BCUT2D eigenvalue weighted by atomic mass is 10.1. The van der Waals surface area contributed by atoms with E-state index in [1.807, 2.05) is 18.3 Å². The van der Waals surface area contributed by atoms with E-state index in [-0.39, 0.29) is 24.0 Å². The molecule has 1 unspecified atom stereocenters. The number of benzene rings is 1. The highest BCUT2D eigenvalue weighted by atomic mass is 127. The molecular formula is C22H32IN5O. The molecule has 0 saturated carbocycles. The summed E-state index contributed by atoms with van der Waals surface area (Å²) in [7, 11) is 1.62. The van der Waals surface area contributed by atoms with Gasteiger partial charge in [0.2, 0.25) is 5.88 Å². The zero-order chi connectivity index (χ0) is 19.6. The summed E-state index contributed by atoms with van der Waals surface area (Å²) >= 11 is 0. The molecule has 0 radical (unpaired) electrons. The molecule has 1 aromatic heterocycles. The van der Waals surface area contributed by atoms with E-state index in [9.17, 15) is 0 Å². The van der Waals surface area contributed by atoms with Crippen molar-refractivity contribution in [3.63, 3.8) is 0 Å². The second kappa shape index (κ2) is 12.6. The Morgan fingerprint density at radius 1 is 1.14 bits per heavy atom. The van der Waals surface area contributed by atoms with E-state index in [1.165, 1.54) is 18.4 Å². The summed E-state index contributed by atoms with van der Waals surface area (Å²) in [6.45, 7) is 6.63. The van der Waals surface area contributed by atoms with Crippen LogP contribution in [0.5, 0.6) is 5.88 Å². The van der Waals surface area contributed by atoms with Gasteiger partial charge >= 0.3 is 0 Å². The fraction of sp³-hybridized carbons (Fsp3) is 0.455. The Hall–Kier alpha value is -1.87. The maximum absolute atomic E-state index is 5.11. The molecule has 1 fully saturated rings. The van der Waals surface area contributed by atoms with Gasteiger partial charge in [-0.2, -0.15) is 0 Å². The minimum absolute atomic E-state index is 0. The topological polar surface area (TPSA) is 61.8 Å². The number of methoxy groups -OCH3 is 1. The number of guanidine groups is 1. The van der Waals surface area contributed by atoms with Gasteiger partial charge in [0.15, 0.2) is 5.96 Å². The van der Waals surface area contributed by atoms with Gasteiger partial charge in [-0.15, -0.1) is 24.0 Å². The molecule has 0 bridgehead atoms.